The molecule has 3 heteroatoms. The van der Waals surface area contributed by atoms with Crippen LogP contribution >= 0.6 is 0 Å². The van der Waals surface area contributed by atoms with Crippen LogP contribution in [0, 0.1) is 0 Å². The van der Waals surface area contributed by atoms with Crippen LogP contribution in [0.25, 0.3) is 0 Å². The van der Waals surface area contributed by atoms with Crippen LogP contribution in [-0.2, 0) is 9.47 Å². The van der Waals surface area contributed by atoms with Gasteiger partial charge in [0.25, 0.3) is 0 Å². The van der Waals surface area contributed by atoms with E-state index in [1.165, 1.54) is 0 Å². The third-order valence-electron chi connectivity index (χ3n) is 1.17. The Morgan fingerprint density at radius 3 is 2.88 bits per heavy atom. The predicted octanol–water partition coefficient (Wildman–Crippen LogP) is -0.258. The second kappa shape index (κ2) is 3.02. The Morgan fingerprint density at radius 1 is 1.62 bits per heavy atom. The summed E-state index contributed by atoms with van der Waals surface area (Å²) >= 11 is 0. The van der Waals surface area contributed by atoms with Gasteiger partial charge in [0.05, 0.1) is 19.3 Å². The van der Waals surface area contributed by atoms with Crippen molar-refractivity contribution >= 4 is 0 Å². The summed E-state index contributed by atoms with van der Waals surface area (Å²) in [5, 5.41) is 8.51. The highest BCUT2D eigenvalue weighted by Gasteiger charge is 2.11. The number of hydrogen-bond acceptors (Lipinski definition) is 3. The minimum atomic E-state index is 0.0174. The smallest absolute Gasteiger partial charge is 0.147 e. The topological polar surface area (TPSA) is 38.7 Å². The van der Waals surface area contributed by atoms with Crippen molar-refractivity contribution in [3.05, 3.63) is 0 Å². The van der Waals surface area contributed by atoms with Crippen LogP contribution in [0.15, 0.2) is 0 Å². The highest BCUT2D eigenvalue weighted by Crippen LogP contribution is 2.03. The molecule has 1 heterocycles. The van der Waals surface area contributed by atoms with Crippen molar-refractivity contribution in [1.29, 1.82) is 0 Å². The lowest BCUT2D eigenvalue weighted by Crippen LogP contribution is -2.26. The van der Waals surface area contributed by atoms with E-state index in [4.69, 9.17) is 14.6 Å². The minimum Gasteiger partial charge on any atom is -0.394 e. The van der Waals surface area contributed by atoms with E-state index in [0.29, 0.717) is 13.4 Å². The Hall–Kier alpha value is -0.120. The molecule has 0 radical (unpaired) electrons. The first-order valence-electron chi connectivity index (χ1n) is 2.73. The van der Waals surface area contributed by atoms with Crippen molar-refractivity contribution in [2.75, 3.05) is 20.0 Å². The summed E-state index contributed by atoms with van der Waals surface area (Å²) in [6, 6.07) is 0. The Labute approximate surface area is 48.2 Å². The molecule has 0 bridgehead atoms. The molecule has 1 aliphatic rings. The molecule has 0 aromatic heterocycles. The van der Waals surface area contributed by atoms with E-state index < -0.39 is 0 Å². The average molecular weight is 118 g/mol. The molecule has 0 amide bonds. The number of ether oxygens (including phenoxy) is 2. The monoisotopic (exact) mass is 118 g/mol. The van der Waals surface area contributed by atoms with Crippen LogP contribution in [-0.4, -0.2) is 31.2 Å². The van der Waals surface area contributed by atoms with Gasteiger partial charge in [0.2, 0.25) is 0 Å². The van der Waals surface area contributed by atoms with Gasteiger partial charge in [-0.1, -0.05) is 0 Å². The van der Waals surface area contributed by atoms with Gasteiger partial charge < -0.3 is 14.6 Å². The number of hydrogen-bond donors (Lipinski definition) is 1. The zero-order valence-corrected chi connectivity index (χ0v) is 4.67. The Morgan fingerprint density at radius 2 is 2.50 bits per heavy atom. The van der Waals surface area contributed by atoms with Gasteiger partial charge in [0, 0.05) is 0 Å². The number of aliphatic hydroxyl groups excluding tert-OH is 1. The summed E-state index contributed by atoms with van der Waals surface area (Å²) in [5.41, 5.74) is 0. The maximum Gasteiger partial charge on any atom is 0.147 e. The molecule has 0 spiro atoms. The normalized spacial score (nSPS) is 30.4. The second-order valence-corrected chi connectivity index (χ2v) is 1.79. The predicted molar refractivity (Wildman–Crippen MR) is 27.4 cm³/mol. The molecule has 8 heavy (non-hydrogen) atoms. The van der Waals surface area contributed by atoms with Gasteiger partial charge in [-0.15, -0.1) is 0 Å². The average Bonchev–Trinajstić information content (AvgIpc) is 1.90. The third kappa shape index (κ3) is 1.43. The molecule has 0 aliphatic carbocycles. The second-order valence-electron chi connectivity index (χ2n) is 1.79. The molecule has 1 N–H and O–H groups in total. The quantitative estimate of drug-likeness (QED) is 0.515. The van der Waals surface area contributed by atoms with Crippen LogP contribution in [0.1, 0.15) is 6.42 Å². The summed E-state index contributed by atoms with van der Waals surface area (Å²) in [6.07, 6.45) is 0.833. The van der Waals surface area contributed by atoms with Gasteiger partial charge in [-0.25, -0.2) is 0 Å². The largest absolute Gasteiger partial charge is 0.394 e. The molecular formula is C5H10O3. The SMILES string of the molecule is OCC1CCOCO1. The lowest BCUT2D eigenvalue weighted by Gasteiger charge is -2.20. The Kier molecular flexibility index (Phi) is 2.27. The first kappa shape index (κ1) is 6.01. The van der Waals surface area contributed by atoms with Crippen molar-refractivity contribution in [2.45, 2.75) is 12.5 Å². The lowest BCUT2D eigenvalue weighted by atomic mass is 10.3. The maximum absolute atomic E-state index is 8.51. The zero-order valence-electron chi connectivity index (χ0n) is 4.67. The fraction of sp³-hybridized carbons (Fsp3) is 1.00. The van der Waals surface area contributed by atoms with Gasteiger partial charge in [0.1, 0.15) is 6.79 Å². The molecule has 0 aromatic rings. The molecular weight excluding hydrogens is 108 g/mol. The summed E-state index contributed by atoms with van der Waals surface area (Å²) in [7, 11) is 0. The van der Waals surface area contributed by atoms with E-state index in [0.717, 1.165) is 6.42 Å². The molecule has 1 atom stereocenters. The van der Waals surface area contributed by atoms with Gasteiger partial charge in [-0.3, -0.25) is 0 Å². The van der Waals surface area contributed by atoms with Crippen molar-refractivity contribution in [1.82, 2.24) is 0 Å². The van der Waals surface area contributed by atoms with E-state index >= 15 is 0 Å². The molecule has 1 fully saturated rings. The summed E-state index contributed by atoms with van der Waals surface area (Å²) in [4.78, 5) is 0. The standard InChI is InChI=1S/C5H10O3/c6-3-5-1-2-7-4-8-5/h5-6H,1-4H2. The van der Waals surface area contributed by atoms with Crippen LogP contribution in [0.5, 0.6) is 0 Å². The molecule has 1 aliphatic heterocycles. The lowest BCUT2D eigenvalue weighted by molar-refractivity contribution is -0.149. The summed E-state index contributed by atoms with van der Waals surface area (Å²) < 4.78 is 9.82. The highest BCUT2D eigenvalue weighted by molar-refractivity contribution is 4.56. The van der Waals surface area contributed by atoms with Crippen LogP contribution in [0.3, 0.4) is 0 Å². The Bertz CT molecular complexity index is 58.7. The van der Waals surface area contributed by atoms with Gasteiger partial charge in [-0.2, -0.15) is 0 Å². The number of rotatable bonds is 1. The van der Waals surface area contributed by atoms with Gasteiger partial charge in [-0.05, 0) is 6.42 Å². The van der Waals surface area contributed by atoms with Crippen molar-refractivity contribution in [3.63, 3.8) is 0 Å². The summed E-state index contributed by atoms with van der Waals surface area (Å²) in [6.45, 7) is 1.17. The van der Waals surface area contributed by atoms with E-state index in [1.807, 2.05) is 0 Å². The fourth-order valence-electron chi connectivity index (χ4n) is 0.645. The van der Waals surface area contributed by atoms with Gasteiger partial charge in [0.15, 0.2) is 0 Å². The van der Waals surface area contributed by atoms with E-state index in [9.17, 15) is 0 Å². The van der Waals surface area contributed by atoms with Crippen molar-refractivity contribution in [3.8, 4) is 0 Å². The van der Waals surface area contributed by atoms with Crippen LogP contribution in [0.4, 0.5) is 0 Å². The highest BCUT2D eigenvalue weighted by atomic mass is 16.7. The summed E-state index contributed by atoms with van der Waals surface area (Å²) in [5.74, 6) is 0. The zero-order chi connectivity index (χ0) is 5.82. The van der Waals surface area contributed by atoms with E-state index in [-0.39, 0.29) is 12.7 Å². The molecule has 1 rings (SSSR count). The van der Waals surface area contributed by atoms with E-state index in [1.54, 1.807) is 0 Å². The first-order valence-corrected chi connectivity index (χ1v) is 2.73. The minimum absolute atomic E-state index is 0.0174. The number of aliphatic hydroxyl groups is 1. The van der Waals surface area contributed by atoms with Crippen LogP contribution < -0.4 is 0 Å². The maximum atomic E-state index is 8.51. The molecule has 3 nitrogen and oxygen atoms in total. The van der Waals surface area contributed by atoms with Gasteiger partial charge >= 0.3 is 0 Å². The van der Waals surface area contributed by atoms with Crippen LogP contribution in [0.2, 0.25) is 0 Å². The molecule has 0 aromatic carbocycles. The third-order valence-corrected chi connectivity index (χ3v) is 1.17. The molecule has 48 valence electrons. The Balaban J connectivity index is 2.13. The first-order chi connectivity index (χ1) is 3.93. The molecule has 1 unspecified atom stereocenters. The van der Waals surface area contributed by atoms with Crippen molar-refractivity contribution < 1.29 is 14.6 Å². The molecule has 1 saturated heterocycles. The fourth-order valence-corrected chi connectivity index (χ4v) is 0.645. The van der Waals surface area contributed by atoms with Crippen molar-refractivity contribution in [2.24, 2.45) is 0 Å². The molecule has 0 saturated carbocycles. The van der Waals surface area contributed by atoms with E-state index in [2.05, 4.69) is 0 Å².